The van der Waals surface area contributed by atoms with Gasteiger partial charge in [0.15, 0.2) is 0 Å². The van der Waals surface area contributed by atoms with E-state index in [1.807, 2.05) is 13.1 Å². The molecule has 0 aromatic carbocycles. The van der Waals surface area contributed by atoms with E-state index in [0.29, 0.717) is 0 Å². The Morgan fingerprint density at radius 3 is 3.08 bits per heavy atom. The van der Waals surface area contributed by atoms with Crippen molar-refractivity contribution < 1.29 is 5.11 Å². The fourth-order valence-corrected chi connectivity index (χ4v) is 1.66. The Balaban J connectivity index is 2.56. The standard InChI is InChI=1S/C10H14N2O/c1-6-5-12-10-8(13)3-4-11-9(10)7(6)2/h5,8,11,13H,3-4H2,1-2H3. The smallest absolute Gasteiger partial charge is 0.0997 e. The highest BCUT2D eigenvalue weighted by Crippen LogP contribution is 2.31. The number of fused-ring (bicyclic) bond motifs is 1. The molecule has 1 unspecified atom stereocenters. The molecule has 70 valence electrons. The average molecular weight is 178 g/mol. The van der Waals surface area contributed by atoms with Gasteiger partial charge in [0.25, 0.3) is 0 Å². The summed E-state index contributed by atoms with van der Waals surface area (Å²) in [5, 5.41) is 13.0. The lowest BCUT2D eigenvalue weighted by atomic mass is 10.0. The third-order valence-electron chi connectivity index (χ3n) is 2.66. The minimum absolute atomic E-state index is 0.393. The molecule has 2 rings (SSSR count). The highest BCUT2D eigenvalue weighted by molar-refractivity contribution is 5.58. The van der Waals surface area contributed by atoms with Crippen molar-refractivity contribution in [3.63, 3.8) is 0 Å². The van der Waals surface area contributed by atoms with E-state index in [9.17, 15) is 5.11 Å². The molecule has 3 heteroatoms. The molecular formula is C10H14N2O. The molecule has 0 saturated heterocycles. The van der Waals surface area contributed by atoms with Gasteiger partial charge in [-0.3, -0.25) is 4.98 Å². The third-order valence-corrected chi connectivity index (χ3v) is 2.66. The fraction of sp³-hybridized carbons (Fsp3) is 0.500. The molecular weight excluding hydrogens is 164 g/mol. The van der Waals surface area contributed by atoms with E-state index in [-0.39, 0.29) is 0 Å². The molecule has 2 N–H and O–H groups in total. The summed E-state index contributed by atoms with van der Waals surface area (Å²) in [4.78, 5) is 4.25. The summed E-state index contributed by atoms with van der Waals surface area (Å²) in [6.07, 6.45) is 2.18. The molecule has 13 heavy (non-hydrogen) atoms. The van der Waals surface area contributed by atoms with Crippen molar-refractivity contribution in [3.8, 4) is 0 Å². The Kier molecular flexibility index (Phi) is 1.96. The van der Waals surface area contributed by atoms with Crippen LogP contribution in [-0.2, 0) is 0 Å². The van der Waals surface area contributed by atoms with Gasteiger partial charge in [0, 0.05) is 12.7 Å². The normalized spacial score (nSPS) is 20.7. The topological polar surface area (TPSA) is 45.2 Å². The largest absolute Gasteiger partial charge is 0.387 e. The summed E-state index contributed by atoms with van der Waals surface area (Å²) in [7, 11) is 0. The van der Waals surface area contributed by atoms with Crippen molar-refractivity contribution in [2.75, 3.05) is 11.9 Å². The summed E-state index contributed by atoms with van der Waals surface area (Å²) in [6, 6.07) is 0. The minimum atomic E-state index is -0.393. The van der Waals surface area contributed by atoms with Gasteiger partial charge in [0.2, 0.25) is 0 Å². The molecule has 0 saturated carbocycles. The second-order valence-corrected chi connectivity index (χ2v) is 3.56. The van der Waals surface area contributed by atoms with Gasteiger partial charge < -0.3 is 10.4 Å². The lowest BCUT2D eigenvalue weighted by Crippen LogP contribution is -2.19. The minimum Gasteiger partial charge on any atom is -0.387 e. The summed E-state index contributed by atoms with van der Waals surface area (Å²) < 4.78 is 0. The monoisotopic (exact) mass is 178 g/mol. The average Bonchev–Trinajstić information content (AvgIpc) is 2.12. The van der Waals surface area contributed by atoms with Gasteiger partial charge in [-0.15, -0.1) is 0 Å². The summed E-state index contributed by atoms with van der Waals surface area (Å²) in [5.74, 6) is 0. The number of nitrogens with one attached hydrogen (secondary N) is 1. The molecule has 1 atom stereocenters. The SMILES string of the molecule is Cc1cnc2c(c1C)NCCC2O. The highest BCUT2D eigenvalue weighted by atomic mass is 16.3. The van der Waals surface area contributed by atoms with Gasteiger partial charge in [-0.1, -0.05) is 0 Å². The second-order valence-electron chi connectivity index (χ2n) is 3.56. The molecule has 0 spiro atoms. The van der Waals surface area contributed by atoms with E-state index in [2.05, 4.69) is 17.2 Å². The van der Waals surface area contributed by atoms with Crippen LogP contribution in [-0.4, -0.2) is 16.6 Å². The summed E-state index contributed by atoms with van der Waals surface area (Å²) >= 11 is 0. The maximum atomic E-state index is 9.67. The van der Waals surface area contributed by atoms with Crippen LogP contribution < -0.4 is 5.32 Å². The van der Waals surface area contributed by atoms with Gasteiger partial charge in [-0.2, -0.15) is 0 Å². The van der Waals surface area contributed by atoms with Crippen LogP contribution in [0.5, 0.6) is 0 Å². The predicted octanol–water partition coefficient (Wildman–Crippen LogP) is 1.55. The van der Waals surface area contributed by atoms with Crippen LogP contribution in [0.25, 0.3) is 0 Å². The Labute approximate surface area is 77.8 Å². The third kappa shape index (κ3) is 1.29. The van der Waals surface area contributed by atoms with E-state index in [1.54, 1.807) is 0 Å². The number of nitrogens with zero attached hydrogens (tertiary/aromatic N) is 1. The van der Waals surface area contributed by atoms with Crippen LogP contribution in [0.15, 0.2) is 6.20 Å². The van der Waals surface area contributed by atoms with Crippen LogP contribution in [0.3, 0.4) is 0 Å². The molecule has 0 radical (unpaired) electrons. The van der Waals surface area contributed by atoms with Crippen molar-refractivity contribution in [2.24, 2.45) is 0 Å². The van der Waals surface area contributed by atoms with Crippen LogP contribution in [0.4, 0.5) is 5.69 Å². The number of pyridine rings is 1. The quantitative estimate of drug-likeness (QED) is 0.633. The summed E-state index contributed by atoms with van der Waals surface area (Å²) in [5.41, 5.74) is 4.19. The van der Waals surface area contributed by atoms with Gasteiger partial charge in [-0.25, -0.2) is 0 Å². The van der Waals surface area contributed by atoms with Crippen molar-refractivity contribution in [3.05, 3.63) is 23.0 Å². The number of hydrogen-bond donors (Lipinski definition) is 2. The Bertz CT molecular complexity index is 336. The molecule has 3 nitrogen and oxygen atoms in total. The number of hydrogen-bond acceptors (Lipinski definition) is 3. The van der Waals surface area contributed by atoms with Crippen molar-refractivity contribution in [1.82, 2.24) is 4.98 Å². The molecule has 1 aliphatic heterocycles. The van der Waals surface area contributed by atoms with E-state index in [0.717, 1.165) is 24.3 Å². The number of rotatable bonds is 0. The van der Waals surface area contributed by atoms with E-state index >= 15 is 0 Å². The molecule has 0 aliphatic carbocycles. The van der Waals surface area contributed by atoms with Gasteiger partial charge in [-0.05, 0) is 31.4 Å². The van der Waals surface area contributed by atoms with Crippen LogP contribution in [0.2, 0.25) is 0 Å². The predicted molar refractivity (Wildman–Crippen MR) is 51.8 cm³/mol. The molecule has 0 bridgehead atoms. The first kappa shape index (κ1) is 8.51. The zero-order valence-corrected chi connectivity index (χ0v) is 7.96. The molecule has 0 fully saturated rings. The van der Waals surface area contributed by atoms with Crippen molar-refractivity contribution >= 4 is 5.69 Å². The van der Waals surface area contributed by atoms with Gasteiger partial charge in [0.05, 0.1) is 17.5 Å². The first-order valence-electron chi connectivity index (χ1n) is 4.58. The van der Waals surface area contributed by atoms with Crippen LogP contribution in [0, 0.1) is 13.8 Å². The van der Waals surface area contributed by atoms with Crippen molar-refractivity contribution in [2.45, 2.75) is 26.4 Å². The maximum absolute atomic E-state index is 9.67. The molecule has 2 heterocycles. The molecule has 1 aliphatic rings. The van der Waals surface area contributed by atoms with Crippen LogP contribution >= 0.6 is 0 Å². The Morgan fingerprint density at radius 2 is 2.31 bits per heavy atom. The zero-order valence-electron chi connectivity index (χ0n) is 7.96. The maximum Gasteiger partial charge on any atom is 0.0997 e. The highest BCUT2D eigenvalue weighted by Gasteiger charge is 2.20. The van der Waals surface area contributed by atoms with E-state index < -0.39 is 6.10 Å². The van der Waals surface area contributed by atoms with Crippen molar-refractivity contribution in [1.29, 1.82) is 0 Å². The Hall–Kier alpha value is -1.09. The summed E-state index contributed by atoms with van der Waals surface area (Å²) in [6.45, 7) is 4.92. The van der Waals surface area contributed by atoms with Gasteiger partial charge in [0.1, 0.15) is 0 Å². The fourth-order valence-electron chi connectivity index (χ4n) is 1.66. The number of aryl methyl sites for hydroxylation is 1. The van der Waals surface area contributed by atoms with Gasteiger partial charge >= 0.3 is 0 Å². The van der Waals surface area contributed by atoms with Crippen LogP contribution in [0.1, 0.15) is 29.3 Å². The first-order chi connectivity index (χ1) is 6.20. The number of aliphatic hydroxyl groups excluding tert-OH is 1. The van der Waals surface area contributed by atoms with E-state index in [4.69, 9.17) is 0 Å². The number of aromatic nitrogens is 1. The molecule has 1 aromatic rings. The molecule has 0 amide bonds. The lowest BCUT2D eigenvalue weighted by molar-refractivity contribution is 0.163. The number of aliphatic hydroxyl groups is 1. The lowest BCUT2D eigenvalue weighted by Gasteiger charge is -2.24. The number of anilines is 1. The zero-order chi connectivity index (χ0) is 9.42. The first-order valence-corrected chi connectivity index (χ1v) is 4.58. The van der Waals surface area contributed by atoms with E-state index in [1.165, 1.54) is 11.1 Å². The second kappa shape index (κ2) is 3.00. The molecule has 1 aromatic heterocycles. The Morgan fingerprint density at radius 1 is 1.54 bits per heavy atom.